The second-order valence-corrected chi connectivity index (χ2v) is 7.55. The van der Waals surface area contributed by atoms with Crippen molar-refractivity contribution in [3.05, 3.63) is 23.9 Å². The fourth-order valence-electron chi connectivity index (χ4n) is 3.81. The van der Waals surface area contributed by atoms with Gasteiger partial charge < -0.3 is 11.1 Å². The zero-order valence-corrected chi connectivity index (χ0v) is 12.9. The van der Waals surface area contributed by atoms with Crippen LogP contribution in [0.2, 0.25) is 0 Å². The molecule has 1 saturated carbocycles. The molecule has 1 aliphatic rings. The highest BCUT2D eigenvalue weighted by atomic mass is 16.1. The average molecular weight is 275 g/mol. The highest BCUT2D eigenvalue weighted by Gasteiger charge is 2.38. The quantitative estimate of drug-likeness (QED) is 0.871. The molecule has 4 nitrogen and oxygen atoms in total. The molecule has 0 aromatic carbocycles. The second-order valence-electron chi connectivity index (χ2n) is 7.55. The SMILES string of the molecule is CC1(C)CC(NC(=O)c2ccnc(N)c2)CC(C)(C)C1. The van der Waals surface area contributed by atoms with Crippen LogP contribution in [0.15, 0.2) is 18.3 Å². The number of rotatable bonds is 2. The minimum absolute atomic E-state index is 0.0578. The molecule has 0 radical (unpaired) electrons. The van der Waals surface area contributed by atoms with Gasteiger partial charge in [-0.1, -0.05) is 27.7 Å². The van der Waals surface area contributed by atoms with Crippen LogP contribution in [0, 0.1) is 10.8 Å². The third kappa shape index (κ3) is 3.71. The zero-order valence-electron chi connectivity index (χ0n) is 12.9. The van der Waals surface area contributed by atoms with Crippen molar-refractivity contribution < 1.29 is 4.79 Å². The van der Waals surface area contributed by atoms with Crippen molar-refractivity contribution in [1.29, 1.82) is 0 Å². The van der Waals surface area contributed by atoms with Gasteiger partial charge in [-0.25, -0.2) is 4.98 Å². The molecule has 110 valence electrons. The van der Waals surface area contributed by atoms with Gasteiger partial charge in [0.15, 0.2) is 0 Å². The van der Waals surface area contributed by atoms with Gasteiger partial charge >= 0.3 is 0 Å². The summed E-state index contributed by atoms with van der Waals surface area (Å²) in [5.41, 5.74) is 6.73. The van der Waals surface area contributed by atoms with Crippen molar-refractivity contribution in [3.8, 4) is 0 Å². The molecule has 0 aliphatic heterocycles. The summed E-state index contributed by atoms with van der Waals surface area (Å²) < 4.78 is 0. The lowest BCUT2D eigenvalue weighted by molar-refractivity contribution is 0.0713. The molecule has 1 amide bonds. The summed E-state index contributed by atoms with van der Waals surface area (Å²) in [7, 11) is 0. The topological polar surface area (TPSA) is 68.0 Å². The number of hydrogen-bond acceptors (Lipinski definition) is 3. The van der Waals surface area contributed by atoms with E-state index in [4.69, 9.17) is 5.73 Å². The maximum absolute atomic E-state index is 12.3. The van der Waals surface area contributed by atoms with E-state index in [9.17, 15) is 4.79 Å². The number of nitrogens with two attached hydrogens (primary N) is 1. The molecule has 0 bridgehead atoms. The van der Waals surface area contributed by atoms with Crippen molar-refractivity contribution >= 4 is 11.7 Å². The summed E-state index contributed by atoms with van der Waals surface area (Å²) in [6.07, 6.45) is 4.79. The molecule has 0 saturated heterocycles. The number of aromatic nitrogens is 1. The molecule has 1 heterocycles. The fraction of sp³-hybridized carbons (Fsp3) is 0.625. The summed E-state index contributed by atoms with van der Waals surface area (Å²) in [6.45, 7) is 9.10. The first kappa shape index (κ1) is 14.8. The zero-order chi connectivity index (χ0) is 15.0. The van der Waals surface area contributed by atoms with Crippen LogP contribution in [0.4, 0.5) is 5.82 Å². The van der Waals surface area contributed by atoms with E-state index in [0.717, 1.165) is 12.8 Å². The van der Waals surface area contributed by atoms with Crippen LogP contribution in [0.3, 0.4) is 0 Å². The maximum atomic E-state index is 12.3. The van der Waals surface area contributed by atoms with Gasteiger partial charge in [-0.15, -0.1) is 0 Å². The number of nitrogens with one attached hydrogen (secondary N) is 1. The largest absolute Gasteiger partial charge is 0.384 e. The minimum Gasteiger partial charge on any atom is -0.384 e. The molecular weight excluding hydrogens is 250 g/mol. The lowest BCUT2D eigenvalue weighted by Crippen LogP contribution is -2.46. The van der Waals surface area contributed by atoms with Gasteiger partial charge in [0.25, 0.3) is 5.91 Å². The number of hydrogen-bond donors (Lipinski definition) is 2. The highest BCUT2D eigenvalue weighted by molar-refractivity contribution is 5.94. The Kier molecular flexibility index (Phi) is 3.76. The molecule has 1 aliphatic carbocycles. The molecule has 1 aromatic heterocycles. The van der Waals surface area contributed by atoms with Crippen LogP contribution in [-0.4, -0.2) is 16.9 Å². The van der Waals surface area contributed by atoms with Crippen molar-refractivity contribution in [2.75, 3.05) is 5.73 Å². The highest BCUT2D eigenvalue weighted by Crippen LogP contribution is 2.45. The Balaban J connectivity index is 2.08. The molecule has 1 fully saturated rings. The van der Waals surface area contributed by atoms with E-state index in [-0.39, 0.29) is 22.8 Å². The van der Waals surface area contributed by atoms with Crippen LogP contribution in [0.25, 0.3) is 0 Å². The Morgan fingerprint density at radius 1 is 1.30 bits per heavy atom. The van der Waals surface area contributed by atoms with Gasteiger partial charge in [0.05, 0.1) is 0 Å². The lowest BCUT2D eigenvalue weighted by atomic mass is 9.63. The van der Waals surface area contributed by atoms with Crippen LogP contribution in [-0.2, 0) is 0 Å². The first-order valence-electron chi connectivity index (χ1n) is 7.19. The standard InChI is InChI=1S/C16H25N3O/c1-15(2)8-12(9-16(3,4)10-15)19-14(20)11-5-6-18-13(17)7-11/h5-7,12H,8-10H2,1-4H3,(H2,17,18)(H,19,20). The third-order valence-corrected chi connectivity index (χ3v) is 3.93. The van der Waals surface area contributed by atoms with Crippen molar-refractivity contribution in [1.82, 2.24) is 10.3 Å². The first-order valence-corrected chi connectivity index (χ1v) is 7.19. The van der Waals surface area contributed by atoms with E-state index in [1.807, 2.05) is 0 Å². The van der Waals surface area contributed by atoms with Crippen LogP contribution >= 0.6 is 0 Å². The molecule has 0 unspecified atom stereocenters. The minimum atomic E-state index is -0.0578. The Morgan fingerprint density at radius 2 is 1.90 bits per heavy atom. The molecule has 0 atom stereocenters. The summed E-state index contributed by atoms with van der Waals surface area (Å²) in [5.74, 6) is 0.319. The Bertz CT molecular complexity index is 492. The maximum Gasteiger partial charge on any atom is 0.251 e. The second kappa shape index (κ2) is 5.08. The Morgan fingerprint density at radius 3 is 2.45 bits per heavy atom. The molecule has 4 heteroatoms. The summed E-state index contributed by atoms with van der Waals surface area (Å²) in [5, 5.41) is 3.15. The lowest BCUT2D eigenvalue weighted by Gasteiger charge is -2.45. The number of anilines is 1. The molecule has 20 heavy (non-hydrogen) atoms. The predicted octanol–water partition coefficient (Wildman–Crippen LogP) is 3.00. The predicted molar refractivity (Wildman–Crippen MR) is 81.3 cm³/mol. The number of pyridine rings is 1. The van der Waals surface area contributed by atoms with Crippen LogP contribution in [0.5, 0.6) is 0 Å². The average Bonchev–Trinajstić information content (AvgIpc) is 2.24. The molecule has 2 rings (SSSR count). The summed E-state index contributed by atoms with van der Waals surface area (Å²) >= 11 is 0. The Labute approximate surface area is 121 Å². The monoisotopic (exact) mass is 275 g/mol. The Hall–Kier alpha value is -1.58. The number of carbonyl (C=O) groups excluding carboxylic acids is 1. The van der Waals surface area contributed by atoms with Crippen molar-refractivity contribution in [2.24, 2.45) is 10.8 Å². The van der Waals surface area contributed by atoms with Crippen molar-refractivity contribution in [3.63, 3.8) is 0 Å². The van der Waals surface area contributed by atoms with E-state index in [0.29, 0.717) is 11.4 Å². The molecule has 0 spiro atoms. The smallest absolute Gasteiger partial charge is 0.251 e. The van der Waals surface area contributed by atoms with Gasteiger partial charge in [-0.05, 0) is 42.2 Å². The van der Waals surface area contributed by atoms with E-state index in [2.05, 4.69) is 38.0 Å². The van der Waals surface area contributed by atoms with Gasteiger partial charge in [-0.3, -0.25) is 4.79 Å². The van der Waals surface area contributed by atoms with Gasteiger partial charge in [0.1, 0.15) is 5.82 Å². The summed E-state index contributed by atoms with van der Waals surface area (Å²) in [6, 6.07) is 3.54. The van der Waals surface area contributed by atoms with Crippen LogP contribution in [0.1, 0.15) is 57.3 Å². The van der Waals surface area contributed by atoms with Crippen molar-refractivity contribution in [2.45, 2.75) is 53.0 Å². The van der Waals surface area contributed by atoms with Crippen LogP contribution < -0.4 is 11.1 Å². The number of carbonyl (C=O) groups is 1. The molecule has 3 N–H and O–H groups in total. The van der Waals surface area contributed by atoms with E-state index >= 15 is 0 Å². The molecular formula is C16H25N3O. The van der Waals surface area contributed by atoms with Gasteiger partial charge in [0.2, 0.25) is 0 Å². The third-order valence-electron chi connectivity index (χ3n) is 3.93. The number of nitrogens with zero attached hydrogens (tertiary/aromatic N) is 1. The number of amides is 1. The fourth-order valence-corrected chi connectivity index (χ4v) is 3.81. The normalized spacial score (nSPS) is 21.4. The van der Waals surface area contributed by atoms with E-state index in [1.54, 1.807) is 18.3 Å². The van der Waals surface area contributed by atoms with Gasteiger partial charge in [0, 0.05) is 17.8 Å². The van der Waals surface area contributed by atoms with E-state index < -0.39 is 0 Å². The molecule has 1 aromatic rings. The first-order chi connectivity index (χ1) is 9.17. The summed E-state index contributed by atoms with van der Waals surface area (Å²) in [4.78, 5) is 16.2. The number of nitrogen functional groups attached to an aromatic ring is 1. The van der Waals surface area contributed by atoms with Gasteiger partial charge in [-0.2, -0.15) is 0 Å². The van der Waals surface area contributed by atoms with E-state index in [1.165, 1.54) is 6.42 Å².